The molecule has 2 saturated heterocycles. The maximum Gasteiger partial charge on any atom is 0.237 e. The van der Waals surface area contributed by atoms with Crippen molar-refractivity contribution >= 4 is 15.9 Å². The third kappa shape index (κ3) is 1.12. The minimum Gasteiger partial charge on any atom is -0.274 e. The van der Waals surface area contributed by atoms with Gasteiger partial charge in [-0.1, -0.05) is 0 Å². The number of nitrogens with zero attached hydrogens (tertiary/aromatic N) is 1. The van der Waals surface area contributed by atoms with Crippen molar-refractivity contribution < 1.29 is 13.2 Å². The molecule has 2 rings (SSSR count). The van der Waals surface area contributed by atoms with Gasteiger partial charge in [0.05, 0.1) is 5.75 Å². The molecule has 68 valence electrons. The highest BCUT2D eigenvalue weighted by Crippen LogP contribution is 2.28. The lowest BCUT2D eigenvalue weighted by molar-refractivity contribution is -0.125. The second-order valence-electron chi connectivity index (χ2n) is 3.46. The zero-order valence-electron chi connectivity index (χ0n) is 6.69. The predicted octanol–water partition coefficient (Wildman–Crippen LogP) is -0.0415. The molecule has 1 amide bonds. The maximum atomic E-state index is 11.3. The average molecular weight is 189 g/mol. The monoisotopic (exact) mass is 189 g/mol. The Morgan fingerprint density at radius 3 is 2.92 bits per heavy atom. The number of hydrogen-bond acceptors (Lipinski definition) is 3. The summed E-state index contributed by atoms with van der Waals surface area (Å²) < 4.78 is 23.7. The summed E-state index contributed by atoms with van der Waals surface area (Å²) in [6.45, 7) is 0.432. The Bertz CT molecular complexity index is 309. The molecule has 1 atom stereocenters. The molecular formula is C7H11NO3S. The highest BCUT2D eigenvalue weighted by Gasteiger charge is 2.40. The molecule has 2 fully saturated rings. The van der Waals surface area contributed by atoms with Crippen LogP contribution in [0.1, 0.15) is 19.3 Å². The summed E-state index contributed by atoms with van der Waals surface area (Å²) in [6.07, 6.45) is 2.12. The molecule has 0 radical (unpaired) electrons. The fraction of sp³-hybridized carbons (Fsp3) is 0.857. The fourth-order valence-electron chi connectivity index (χ4n) is 1.89. The van der Waals surface area contributed by atoms with E-state index in [9.17, 15) is 13.2 Å². The van der Waals surface area contributed by atoms with Crippen LogP contribution in [-0.4, -0.2) is 30.9 Å². The van der Waals surface area contributed by atoms with E-state index < -0.39 is 10.0 Å². The van der Waals surface area contributed by atoms with E-state index >= 15 is 0 Å². The summed E-state index contributed by atoms with van der Waals surface area (Å²) in [7, 11) is -3.21. The lowest BCUT2D eigenvalue weighted by Gasteiger charge is -2.12. The van der Waals surface area contributed by atoms with Gasteiger partial charge in [-0.2, -0.15) is 0 Å². The number of carbonyl (C=O) groups is 1. The Kier molecular flexibility index (Phi) is 1.64. The largest absolute Gasteiger partial charge is 0.274 e. The van der Waals surface area contributed by atoms with Crippen LogP contribution < -0.4 is 0 Å². The zero-order valence-corrected chi connectivity index (χ0v) is 7.51. The first-order valence-corrected chi connectivity index (χ1v) is 5.74. The number of sulfonamides is 1. The molecule has 2 heterocycles. The Labute approximate surface area is 71.6 Å². The zero-order chi connectivity index (χ0) is 8.77. The normalized spacial score (nSPS) is 33.5. The Hall–Kier alpha value is -0.580. The van der Waals surface area contributed by atoms with Crippen molar-refractivity contribution in [2.75, 3.05) is 12.3 Å². The smallest absolute Gasteiger partial charge is 0.237 e. The van der Waals surface area contributed by atoms with Crippen LogP contribution in [0.5, 0.6) is 0 Å². The number of carbonyl (C=O) groups excluding carboxylic acids is 1. The molecule has 4 nitrogen and oxygen atoms in total. The molecule has 0 saturated carbocycles. The molecule has 12 heavy (non-hydrogen) atoms. The van der Waals surface area contributed by atoms with Gasteiger partial charge in [-0.3, -0.25) is 4.79 Å². The van der Waals surface area contributed by atoms with Crippen molar-refractivity contribution in [2.45, 2.75) is 19.3 Å². The van der Waals surface area contributed by atoms with Gasteiger partial charge in [0, 0.05) is 13.0 Å². The highest BCUT2D eigenvalue weighted by atomic mass is 32.2. The highest BCUT2D eigenvalue weighted by molar-refractivity contribution is 7.89. The van der Waals surface area contributed by atoms with Gasteiger partial charge in [-0.25, -0.2) is 12.7 Å². The van der Waals surface area contributed by atoms with Gasteiger partial charge in [-0.15, -0.1) is 0 Å². The lowest BCUT2D eigenvalue weighted by Crippen LogP contribution is -2.31. The summed E-state index contributed by atoms with van der Waals surface area (Å²) in [5.74, 6) is 0.162. The van der Waals surface area contributed by atoms with Crippen LogP contribution in [0.4, 0.5) is 0 Å². The number of amides is 1. The van der Waals surface area contributed by atoms with Crippen molar-refractivity contribution in [3.05, 3.63) is 0 Å². The van der Waals surface area contributed by atoms with E-state index in [1.165, 1.54) is 0 Å². The predicted molar refractivity (Wildman–Crippen MR) is 42.8 cm³/mol. The van der Waals surface area contributed by atoms with Gasteiger partial charge in [0.25, 0.3) is 0 Å². The van der Waals surface area contributed by atoms with Crippen LogP contribution in [0.3, 0.4) is 0 Å². The summed E-state index contributed by atoms with van der Waals surface area (Å²) in [4.78, 5) is 11.2. The van der Waals surface area contributed by atoms with E-state index in [1.807, 2.05) is 0 Å². The van der Waals surface area contributed by atoms with Crippen LogP contribution in [0.2, 0.25) is 0 Å². The second kappa shape index (κ2) is 2.45. The second-order valence-corrected chi connectivity index (χ2v) is 5.40. The van der Waals surface area contributed by atoms with Crippen LogP contribution in [0, 0.1) is 5.92 Å². The molecule has 0 aliphatic carbocycles. The minimum absolute atomic E-state index is 0.179. The van der Waals surface area contributed by atoms with Gasteiger partial charge in [-0.05, 0) is 18.8 Å². The van der Waals surface area contributed by atoms with Crippen molar-refractivity contribution in [2.24, 2.45) is 5.92 Å². The van der Waals surface area contributed by atoms with Gasteiger partial charge in [0.15, 0.2) is 0 Å². The Morgan fingerprint density at radius 2 is 2.17 bits per heavy atom. The summed E-state index contributed by atoms with van der Waals surface area (Å²) >= 11 is 0. The van der Waals surface area contributed by atoms with E-state index in [-0.39, 0.29) is 17.6 Å². The SMILES string of the molecule is O=C1CCCC2CN1S(=O)(=O)C2. The number of rotatable bonds is 0. The molecule has 5 heteroatoms. The lowest BCUT2D eigenvalue weighted by atomic mass is 10.1. The molecular weight excluding hydrogens is 178 g/mol. The Morgan fingerprint density at radius 1 is 1.42 bits per heavy atom. The van der Waals surface area contributed by atoms with Gasteiger partial charge < -0.3 is 0 Å². The van der Waals surface area contributed by atoms with E-state index in [0.29, 0.717) is 13.0 Å². The molecule has 0 spiro atoms. The van der Waals surface area contributed by atoms with E-state index in [1.54, 1.807) is 0 Å². The van der Waals surface area contributed by atoms with Crippen molar-refractivity contribution in [3.63, 3.8) is 0 Å². The van der Waals surface area contributed by atoms with Gasteiger partial charge in [0.1, 0.15) is 0 Å². The molecule has 1 unspecified atom stereocenters. The third-order valence-corrected chi connectivity index (χ3v) is 4.40. The van der Waals surface area contributed by atoms with Crippen molar-refractivity contribution in [3.8, 4) is 0 Å². The van der Waals surface area contributed by atoms with E-state index in [2.05, 4.69) is 0 Å². The molecule has 0 N–H and O–H groups in total. The maximum absolute atomic E-state index is 11.3. The van der Waals surface area contributed by atoms with Crippen molar-refractivity contribution in [1.29, 1.82) is 0 Å². The summed E-state index contributed by atoms with van der Waals surface area (Å²) in [5, 5.41) is 0. The quantitative estimate of drug-likeness (QED) is 0.537. The number of hydrogen-bond donors (Lipinski definition) is 0. The van der Waals surface area contributed by atoms with E-state index in [4.69, 9.17) is 0 Å². The van der Waals surface area contributed by atoms with Crippen LogP contribution in [-0.2, 0) is 14.8 Å². The van der Waals surface area contributed by atoms with E-state index in [0.717, 1.165) is 17.1 Å². The van der Waals surface area contributed by atoms with Crippen molar-refractivity contribution in [1.82, 2.24) is 4.31 Å². The summed E-state index contributed by atoms with van der Waals surface area (Å²) in [6, 6.07) is 0. The van der Waals surface area contributed by atoms with Crippen LogP contribution >= 0.6 is 0 Å². The molecule has 2 aliphatic rings. The van der Waals surface area contributed by atoms with Gasteiger partial charge in [0.2, 0.25) is 15.9 Å². The topological polar surface area (TPSA) is 54.5 Å². The average Bonchev–Trinajstić information content (AvgIpc) is 2.11. The molecule has 0 aromatic carbocycles. The molecule has 2 aliphatic heterocycles. The number of fused-ring (bicyclic) bond motifs is 2. The van der Waals surface area contributed by atoms with Gasteiger partial charge >= 0.3 is 0 Å². The minimum atomic E-state index is -3.21. The van der Waals surface area contributed by atoms with Crippen LogP contribution in [0.25, 0.3) is 0 Å². The first kappa shape index (κ1) is 8.04. The Balaban J connectivity index is 2.36. The first-order chi connectivity index (χ1) is 5.59. The standard InChI is InChI=1S/C7H11NO3S/c9-7-3-1-2-6-4-8(7)12(10,11)5-6/h6H,1-5H2. The summed E-state index contributed by atoms with van der Waals surface area (Å²) in [5.41, 5.74) is 0. The molecule has 0 aromatic heterocycles. The molecule has 2 bridgehead atoms. The molecule has 0 aromatic rings. The third-order valence-electron chi connectivity index (χ3n) is 2.49. The fourth-order valence-corrected chi connectivity index (χ4v) is 3.77. The first-order valence-electron chi connectivity index (χ1n) is 4.13. The van der Waals surface area contributed by atoms with Crippen LogP contribution in [0.15, 0.2) is 0 Å².